The summed E-state index contributed by atoms with van der Waals surface area (Å²) in [5.74, 6) is 0. The van der Waals surface area contributed by atoms with Gasteiger partial charge in [-0.15, -0.1) is 0 Å². The van der Waals surface area contributed by atoms with Gasteiger partial charge in [0.25, 0.3) is 0 Å². The van der Waals surface area contributed by atoms with E-state index in [9.17, 15) is 0 Å². The van der Waals surface area contributed by atoms with Crippen molar-refractivity contribution in [3.05, 3.63) is 0 Å². The van der Waals surface area contributed by atoms with Gasteiger partial charge in [-0.25, -0.2) is 0 Å². The van der Waals surface area contributed by atoms with Gasteiger partial charge >= 0.3 is 0 Å². The van der Waals surface area contributed by atoms with Crippen LogP contribution in [0.4, 0.5) is 0 Å². The highest BCUT2D eigenvalue weighted by Gasteiger charge is 2.55. The highest BCUT2D eigenvalue weighted by atomic mass is 16.5. The molecule has 0 aliphatic heterocycles. The molecule has 2 atom stereocenters. The normalized spacial score (nSPS) is 36.3. The van der Waals surface area contributed by atoms with Crippen LogP contribution in [0.3, 0.4) is 0 Å². The highest BCUT2D eigenvalue weighted by Crippen LogP contribution is 2.54. The maximum Gasteiger partial charge on any atom is 0.0661 e. The topological polar surface area (TPSA) is 21.3 Å². The van der Waals surface area contributed by atoms with Gasteiger partial charge in [-0.05, 0) is 44.4 Å². The van der Waals surface area contributed by atoms with E-state index in [1.807, 2.05) is 0 Å². The standard InChI is InChI=1S/C16H29NO/c1-3-18-14-11-13(17-12-15(2)9-10-15)16(14)7-5-4-6-8-16/h13-14,17H,3-12H2,1-2H3. The molecule has 3 fully saturated rings. The summed E-state index contributed by atoms with van der Waals surface area (Å²) in [6.45, 7) is 6.68. The van der Waals surface area contributed by atoms with Crippen LogP contribution < -0.4 is 5.32 Å². The van der Waals surface area contributed by atoms with Crippen molar-refractivity contribution >= 4 is 0 Å². The molecule has 0 saturated heterocycles. The predicted molar refractivity (Wildman–Crippen MR) is 74.7 cm³/mol. The zero-order chi connectivity index (χ0) is 12.6. The summed E-state index contributed by atoms with van der Waals surface area (Å²) in [4.78, 5) is 0. The monoisotopic (exact) mass is 251 g/mol. The van der Waals surface area contributed by atoms with Crippen LogP contribution in [-0.4, -0.2) is 25.3 Å². The summed E-state index contributed by atoms with van der Waals surface area (Å²) in [7, 11) is 0. The van der Waals surface area contributed by atoms with Crippen LogP contribution in [0, 0.1) is 10.8 Å². The Morgan fingerprint density at radius 1 is 1.11 bits per heavy atom. The van der Waals surface area contributed by atoms with Crippen molar-refractivity contribution in [3.8, 4) is 0 Å². The molecule has 0 amide bonds. The fourth-order valence-corrected chi connectivity index (χ4v) is 4.11. The van der Waals surface area contributed by atoms with Crippen LogP contribution in [-0.2, 0) is 4.74 Å². The second-order valence-corrected chi connectivity index (χ2v) is 7.22. The van der Waals surface area contributed by atoms with Crippen molar-refractivity contribution in [1.82, 2.24) is 5.32 Å². The molecule has 0 aromatic rings. The Labute approximate surface area is 112 Å². The average Bonchev–Trinajstić information content (AvgIpc) is 3.12. The molecule has 3 aliphatic rings. The zero-order valence-electron chi connectivity index (χ0n) is 12.1. The molecule has 0 aromatic heterocycles. The first-order valence-corrected chi connectivity index (χ1v) is 8.04. The molecule has 3 aliphatic carbocycles. The first kappa shape index (κ1) is 12.9. The Morgan fingerprint density at radius 2 is 1.83 bits per heavy atom. The molecule has 3 rings (SSSR count). The first-order chi connectivity index (χ1) is 8.69. The smallest absolute Gasteiger partial charge is 0.0661 e. The fraction of sp³-hybridized carbons (Fsp3) is 1.00. The molecule has 1 spiro atoms. The SMILES string of the molecule is CCOC1CC(NCC2(C)CC2)C12CCCCC2. The van der Waals surface area contributed by atoms with E-state index in [1.54, 1.807) is 0 Å². The molecule has 2 heteroatoms. The molecule has 0 aromatic carbocycles. The van der Waals surface area contributed by atoms with Crippen molar-refractivity contribution in [2.75, 3.05) is 13.2 Å². The summed E-state index contributed by atoms with van der Waals surface area (Å²) in [5.41, 5.74) is 1.13. The lowest BCUT2D eigenvalue weighted by Crippen LogP contribution is -2.65. The van der Waals surface area contributed by atoms with E-state index in [2.05, 4.69) is 19.2 Å². The minimum Gasteiger partial charge on any atom is -0.378 e. The molecule has 0 radical (unpaired) electrons. The van der Waals surface area contributed by atoms with E-state index >= 15 is 0 Å². The molecule has 1 N–H and O–H groups in total. The van der Waals surface area contributed by atoms with E-state index in [1.165, 1.54) is 57.9 Å². The minimum absolute atomic E-state index is 0.500. The third-order valence-electron chi connectivity index (χ3n) is 5.82. The molecule has 2 unspecified atom stereocenters. The van der Waals surface area contributed by atoms with Crippen molar-refractivity contribution in [2.45, 2.75) is 77.4 Å². The first-order valence-electron chi connectivity index (χ1n) is 8.04. The average molecular weight is 251 g/mol. The van der Waals surface area contributed by atoms with Gasteiger partial charge in [0.1, 0.15) is 0 Å². The third-order valence-corrected chi connectivity index (χ3v) is 5.82. The van der Waals surface area contributed by atoms with E-state index in [0.29, 0.717) is 16.9 Å². The molecule has 18 heavy (non-hydrogen) atoms. The van der Waals surface area contributed by atoms with Crippen molar-refractivity contribution in [1.29, 1.82) is 0 Å². The summed E-state index contributed by atoms with van der Waals surface area (Å²) < 4.78 is 6.01. The molecule has 104 valence electrons. The predicted octanol–water partition coefficient (Wildman–Crippen LogP) is 3.50. The van der Waals surface area contributed by atoms with Crippen LogP contribution in [0.5, 0.6) is 0 Å². The largest absolute Gasteiger partial charge is 0.378 e. The number of rotatable bonds is 5. The summed E-state index contributed by atoms with van der Waals surface area (Å²) in [6.07, 6.45) is 11.7. The van der Waals surface area contributed by atoms with Gasteiger partial charge in [-0.1, -0.05) is 26.2 Å². The lowest BCUT2D eigenvalue weighted by Gasteiger charge is -2.58. The molecule has 2 nitrogen and oxygen atoms in total. The molecule has 0 heterocycles. The lowest BCUT2D eigenvalue weighted by molar-refractivity contribution is -0.150. The van der Waals surface area contributed by atoms with Gasteiger partial charge in [-0.3, -0.25) is 0 Å². The molecular formula is C16H29NO. The van der Waals surface area contributed by atoms with Crippen LogP contribution in [0.25, 0.3) is 0 Å². The second kappa shape index (κ2) is 4.79. The number of hydrogen-bond donors (Lipinski definition) is 1. The maximum atomic E-state index is 6.01. The molecule has 3 saturated carbocycles. The Morgan fingerprint density at radius 3 is 2.44 bits per heavy atom. The summed E-state index contributed by atoms with van der Waals surface area (Å²) in [5, 5.41) is 3.89. The van der Waals surface area contributed by atoms with E-state index in [4.69, 9.17) is 4.74 Å². The molecular weight excluding hydrogens is 222 g/mol. The zero-order valence-corrected chi connectivity index (χ0v) is 12.1. The van der Waals surface area contributed by atoms with E-state index in [0.717, 1.165) is 12.6 Å². The summed E-state index contributed by atoms with van der Waals surface area (Å²) >= 11 is 0. The molecule has 0 bridgehead atoms. The van der Waals surface area contributed by atoms with E-state index < -0.39 is 0 Å². The van der Waals surface area contributed by atoms with Crippen LogP contribution in [0.15, 0.2) is 0 Å². The van der Waals surface area contributed by atoms with E-state index in [-0.39, 0.29) is 0 Å². The van der Waals surface area contributed by atoms with Crippen LogP contribution in [0.1, 0.15) is 65.2 Å². The van der Waals surface area contributed by atoms with Crippen molar-refractivity contribution in [3.63, 3.8) is 0 Å². The summed E-state index contributed by atoms with van der Waals surface area (Å²) in [6, 6.07) is 0.742. The Kier molecular flexibility index (Phi) is 3.44. The van der Waals surface area contributed by atoms with Crippen molar-refractivity contribution in [2.24, 2.45) is 10.8 Å². The Hall–Kier alpha value is -0.0800. The second-order valence-electron chi connectivity index (χ2n) is 7.22. The van der Waals surface area contributed by atoms with Gasteiger partial charge in [0.05, 0.1) is 6.10 Å². The van der Waals surface area contributed by atoms with Crippen LogP contribution in [0.2, 0.25) is 0 Å². The van der Waals surface area contributed by atoms with Gasteiger partial charge < -0.3 is 10.1 Å². The third kappa shape index (κ3) is 2.22. The number of hydrogen-bond acceptors (Lipinski definition) is 2. The van der Waals surface area contributed by atoms with Crippen LogP contribution >= 0.6 is 0 Å². The van der Waals surface area contributed by atoms with Gasteiger partial charge in [0, 0.05) is 24.6 Å². The minimum atomic E-state index is 0.500. The Balaban J connectivity index is 1.59. The maximum absolute atomic E-state index is 6.01. The number of nitrogens with one attached hydrogen (secondary N) is 1. The lowest BCUT2D eigenvalue weighted by atomic mass is 9.55. The van der Waals surface area contributed by atoms with Gasteiger partial charge in [0.2, 0.25) is 0 Å². The van der Waals surface area contributed by atoms with Gasteiger partial charge in [-0.2, -0.15) is 0 Å². The highest BCUT2D eigenvalue weighted by molar-refractivity contribution is 5.09. The quantitative estimate of drug-likeness (QED) is 0.807. The van der Waals surface area contributed by atoms with Gasteiger partial charge in [0.15, 0.2) is 0 Å². The Bertz CT molecular complexity index is 291. The fourth-order valence-electron chi connectivity index (χ4n) is 4.11. The van der Waals surface area contributed by atoms with Crippen molar-refractivity contribution < 1.29 is 4.74 Å². The number of ether oxygens (including phenoxy) is 1.